The van der Waals surface area contributed by atoms with Crippen LogP contribution in [0.3, 0.4) is 0 Å². The third-order valence-electron chi connectivity index (χ3n) is 4.22. The Morgan fingerprint density at radius 2 is 1.15 bits per heavy atom. The molecular formula is C20H39. The van der Waals surface area contributed by atoms with E-state index in [9.17, 15) is 0 Å². The van der Waals surface area contributed by atoms with E-state index in [1.54, 1.807) is 5.92 Å². The quantitative estimate of drug-likeness (QED) is 0.213. The van der Waals surface area contributed by atoms with E-state index >= 15 is 0 Å². The van der Waals surface area contributed by atoms with Gasteiger partial charge in [0, 0.05) is 0 Å². The lowest BCUT2D eigenvalue weighted by Gasteiger charge is -2.06. The summed E-state index contributed by atoms with van der Waals surface area (Å²) in [5.74, 6) is 1.67. The number of hydrogen-bond donors (Lipinski definition) is 0. The van der Waals surface area contributed by atoms with Crippen molar-refractivity contribution >= 4 is 0 Å². The minimum atomic E-state index is 1.27. The third-order valence-corrected chi connectivity index (χ3v) is 4.22. The van der Waals surface area contributed by atoms with E-state index in [-0.39, 0.29) is 0 Å². The van der Waals surface area contributed by atoms with Crippen molar-refractivity contribution in [2.75, 3.05) is 0 Å². The molecule has 0 aliphatic rings. The molecule has 0 amide bonds. The van der Waals surface area contributed by atoms with Crippen molar-refractivity contribution in [3.63, 3.8) is 0 Å². The van der Waals surface area contributed by atoms with Gasteiger partial charge in [0.2, 0.25) is 0 Å². The van der Waals surface area contributed by atoms with E-state index in [0.717, 1.165) is 0 Å². The van der Waals surface area contributed by atoms with Gasteiger partial charge < -0.3 is 0 Å². The highest BCUT2D eigenvalue weighted by Gasteiger charge is 1.98. The van der Waals surface area contributed by atoms with Crippen LogP contribution in [-0.4, -0.2) is 0 Å². The molecule has 0 N–H and O–H groups in total. The highest BCUT2D eigenvalue weighted by atomic mass is 14.0. The zero-order chi connectivity index (χ0) is 14.9. The molecule has 0 saturated carbocycles. The molecule has 0 aromatic heterocycles. The van der Waals surface area contributed by atoms with Crippen molar-refractivity contribution in [2.45, 2.75) is 111 Å². The van der Waals surface area contributed by atoms with Crippen LogP contribution in [0.4, 0.5) is 0 Å². The number of allylic oxidation sites excluding steroid dienone is 2. The molecule has 0 bridgehead atoms. The Labute approximate surface area is 129 Å². The lowest BCUT2D eigenvalue weighted by Crippen LogP contribution is -1.88. The van der Waals surface area contributed by atoms with Crippen LogP contribution >= 0.6 is 0 Å². The zero-order valence-electron chi connectivity index (χ0n) is 14.6. The average molecular weight is 280 g/mol. The molecule has 0 spiro atoms. The van der Waals surface area contributed by atoms with E-state index in [1.807, 2.05) is 0 Å². The summed E-state index contributed by atoms with van der Waals surface area (Å²) in [6.45, 7) is 6.85. The molecule has 0 rings (SSSR count). The fraction of sp³-hybridized carbons (Fsp3) is 0.850. The molecule has 0 aliphatic carbocycles. The summed E-state index contributed by atoms with van der Waals surface area (Å²) in [5, 5.41) is 0. The maximum absolute atomic E-state index is 2.41. The fourth-order valence-corrected chi connectivity index (χ4v) is 2.50. The van der Waals surface area contributed by atoms with Crippen molar-refractivity contribution in [3.05, 3.63) is 18.1 Å². The molecule has 1 radical (unpaired) electrons. The molecule has 0 fully saturated rings. The summed E-state index contributed by atoms with van der Waals surface area (Å²) >= 11 is 0. The van der Waals surface area contributed by atoms with Gasteiger partial charge in [-0.25, -0.2) is 0 Å². The Bertz CT molecular complexity index is 192. The van der Waals surface area contributed by atoms with Gasteiger partial charge >= 0.3 is 0 Å². The first-order valence-electron chi connectivity index (χ1n) is 9.27. The van der Waals surface area contributed by atoms with Gasteiger partial charge in [-0.1, -0.05) is 90.7 Å². The Kier molecular flexibility index (Phi) is 16.6. The summed E-state index contributed by atoms with van der Waals surface area (Å²) < 4.78 is 0. The van der Waals surface area contributed by atoms with Crippen LogP contribution < -0.4 is 0 Å². The molecule has 0 unspecified atom stereocenters. The summed E-state index contributed by atoms with van der Waals surface area (Å²) in [4.78, 5) is 0. The lowest BCUT2D eigenvalue weighted by atomic mass is 10.00. The van der Waals surface area contributed by atoms with Crippen molar-refractivity contribution in [1.29, 1.82) is 0 Å². The SMILES string of the molecule is CCCCCCCC/C=C\CCCCCC[C](C)CC. The summed E-state index contributed by atoms with van der Waals surface area (Å²) in [6, 6.07) is 0. The van der Waals surface area contributed by atoms with Crippen LogP contribution in [0.25, 0.3) is 0 Å². The van der Waals surface area contributed by atoms with Crippen molar-refractivity contribution in [3.8, 4) is 0 Å². The predicted molar refractivity (Wildman–Crippen MR) is 94.0 cm³/mol. The summed E-state index contributed by atoms with van der Waals surface area (Å²) in [5.41, 5.74) is 0. The maximum Gasteiger partial charge on any atom is -0.0275 e. The van der Waals surface area contributed by atoms with Crippen molar-refractivity contribution < 1.29 is 0 Å². The standard InChI is InChI=1S/C20H39/c1-4-6-7-8-9-10-11-12-13-14-15-16-17-18-19-20(3)5-2/h12-13H,4-11,14-19H2,1-3H3/b13-12-. The molecule has 20 heavy (non-hydrogen) atoms. The molecule has 0 aromatic rings. The topological polar surface area (TPSA) is 0 Å². The monoisotopic (exact) mass is 279 g/mol. The van der Waals surface area contributed by atoms with Crippen molar-refractivity contribution in [1.82, 2.24) is 0 Å². The van der Waals surface area contributed by atoms with Crippen molar-refractivity contribution in [2.24, 2.45) is 0 Å². The van der Waals surface area contributed by atoms with Crippen LogP contribution in [-0.2, 0) is 0 Å². The van der Waals surface area contributed by atoms with E-state index in [4.69, 9.17) is 0 Å². The van der Waals surface area contributed by atoms with Crippen LogP contribution in [0.5, 0.6) is 0 Å². The van der Waals surface area contributed by atoms with Gasteiger partial charge in [0.1, 0.15) is 0 Å². The van der Waals surface area contributed by atoms with E-state index in [2.05, 4.69) is 32.9 Å². The van der Waals surface area contributed by atoms with E-state index in [1.165, 1.54) is 89.9 Å². The van der Waals surface area contributed by atoms with E-state index in [0.29, 0.717) is 0 Å². The second-order valence-corrected chi connectivity index (χ2v) is 6.29. The molecule has 0 heteroatoms. The minimum absolute atomic E-state index is 1.27. The molecule has 0 aromatic carbocycles. The van der Waals surface area contributed by atoms with Gasteiger partial charge in [-0.2, -0.15) is 0 Å². The Hall–Kier alpha value is -0.260. The normalized spacial score (nSPS) is 11.8. The third kappa shape index (κ3) is 15.8. The van der Waals surface area contributed by atoms with Gasteiger partial charge in [-0.05, 0) is 38.0 Å². The molecule has 119 valence electrons. The van der Waals surface area contributed by atoms with Crippen LogP contribution in [0.1, 0.15) is 111 Å². The van der Waals surface area contributed by atoms with Crippen LogP contribution in [0, 0.1) is 5.92 Å². The Morgan fingerprint density at radius 1 is 0.650 bits per heavy atom. The Morgan fingerprint density at radius 3 is 1.70 bits per heavy atom. The largest absolute Gasteiger partial charge is 0.0885 e. The first kappa shape index (κ1) is 19.7. The number of unbranched alkanes of at least 4 members (excludes halogenated alkanes) is 10. The first-order chi connectivity index (χ1) is 9.81. The molecule has 0 nitrogen and oxygen atoms in total. The fourth-order valence-electron chi connectivity index (χ4n) is 2.50. The molecule has 0 atom stereocenters. The van der Waals surface area contributed by atoms with Crippen LogP contribution in [0.2, 0.25) is 0 Å². The van der Waals surface area contributed by atoms with E-state index < -0.39 is 0 Å². The molecule has 0 saturated heterocycles. The van der Waals surface area contributed by atoms with Gasteiger partial charge in [0.25, 0.3) is 0 Å². The van der Waals surface area contributed by atoms with Gasteiger partial charge in [0.05, 0.1) is 0 Å². The summed E-state index contributed by atoms with van der Waals surface area (Å²) in [6.07, 6.45) is 24.1. The second kappa shape index (κ2) is 16.8. The number of rotatable bonds is 15. The average Bonchev–Trinajstić information content (AvgIpc) is 2.47. The molecule has 0 heterocycles. The van der Waals surface area contributed by atoms with Gasteiger partial charge in [-0.3, -0.25) is 0 Å². The zero-order valence-corrected chi connectivity index (χ0v) is 14.6. The second-order valence-electron chi connectivity index (χ2n) is 6.29. The molecule has 0 aliphatic heterocycles. The lowest BCUT2D eigenvalue weighted by molar-refractivity contribution is 0.607. The highest BCUT2D eigenvalue weighted by molar-refractivity contribution is 4.82. The first-order valence-corrected chi connectivity index (χ1v) is 9.27. The van der Waals surface area contributed by atoms with Crippen LogP contribution in [0.15, 0.2) is 12.2 Å². The highest BCUT2D eigenvalue weighted by Crippen LogP contribution is 2.15. The predicted octanol–water partition coefficient (Wildman–Crippen LogP) is 7.64. The van der Waals surface area contributed by atoms with Gasteiger partial charge in [-0.15, -0.1) is 0 Å². The number of hydrogen-bond acceptors (Lipinski definition) is 0. The Balaban J connectivity index is 3.09. The maximum atomic E-state index is 2.41. The summed E-state index contributed by atoms with van der Waals surface area (Å²) in [7, 11) is 0. The molecular weight excluding hydrogens is 240 g/mol. The minimum Gasteiger partial charge on any atom is -0.0885 e. The smallest absolute Gasteiger partial charge is 0.0275 e. The van der Waals surface area contributed by atoms with Gasteiger partial charge in [0.15, 0.2) is 0 Å².